The zero-order valence-corrected chi connectivity index (χ0v) is 17.3. The second kappa shape index (κ2) is 8.34. The van der Waals surface area contributed by atoms with E-state index in [9.17, 15) is 9.59 Å². The molecule has 1 fully saturated rings. The van der Waals surface area contributed by atoms with Crippen LogP contribution in [0.4, 0.5) is 5.82 Å². The number of nitrogens with zero attached hydrogens (tertiary/aromatic N) is 3. The number of rotatable bonds is 4. The number of aromatic nitrogens is 2. The van der Waals surface area contributed by atoms with E-state index in [1.54, 1.807) is 30.2 Å². The maximum atomic E-state index is 12.8. The summed E-state index contributed by atoms with van der Waals surface area (Å²) < 4.78 is 4.96. The lowest BCUT2D eigenvalue weighted by Gasteiger charge is -2.30. The number of benzene rings is 1. The summed E-state index contributed by atoms with van der Waals surface area (Å²) in [7, 11) is 0. The number of halogens is 1. The number of carbonyl (C=O) groups is 2. The molecule has 1 aliphatic rings. The molecule has 150 valence electrons. The van der Waals surface area contributed by atoms with Gasteiger partial charge in [0, 0.05) is 30.6 Å². The van der Waals surface area contributed by atoms with Crippen LogP contribution in [0, 0.1) is 12.8 Å². The Bertz CT molecular complexity index is 1040. The van der Waals surface area contributed by atoms with Crippen LogP contribution in [0.25, 0.3) is 10.6 Å². The van der Waals surface area contributed by atoms with Crippen LogP contribution in [0.2, 0.25) is 5.02 Å². The van der Waals surface area contributed by atoms with Crippen LogP contribution in [0.3, 0.4) is 0 Å². The fourth-order valence-corrected chi connectivity index (χ4v) is 4.49. The van der Waals surface area contributed by atoms with E-state index in [1.807, 2.05) is 18.2 Å². The SMILES string of the molecule is Cc1cc(NC(=O)C2CCN(C(=O)c3cnc(-c4ccccc4Cl)s3)CC2)no1. The Morgan fingerprint density at radius 1 is 1.28 bits per heavy atom. The van der Waals surface area contributed by atoms with Gasteiger partial charge in [0.15, 0.2) is 5.82 Å². The van der Waals surface area contributed by atoms with Gasteiger partial charge in [-0.15, -0.1) is 11.3 Å². The van der Waals surface area contributed by atoms with Crippen LogP contribution in [-0.4, -0.2) is 39.9 Å². The van der Waals surface area contributed by atoms with E-state index < -0.39 is 0 Å². The highest BCUT2D eigenvalue weighted by Crippen LogP contribution is 2.32. The minimum Gasteiger partial charge on any atom is -0.360 e. The monoisotopic (exact) mass is 430 g/mol. The number of aryl methyl sites for hydroxylation is 1. The number of piperidine rings is 1. The molecule has 9 heteroatoms. The molecule has 3 aromatic rings. The molecule has 0 radical (unpaired) electrons. The van der Waals surface area contributed by atoms with Gasteiger partial charge in [-0.25, -0.2) is 4.98 Å². The lowest BCUT2D eigenvalue weighted by molar-refractivity contribution is -0.121. The second-order valence-electron chi connectivity index (χ2n) is 6.89. The molecule has 1 aliphatic heterocycles. The molecule has 0 saturated carbocycles. The molecule has 0 unspecified atom stereocenters. The van der Waals surface area contributed by atoms with Gasteiger partial charge in [0.1, 0.15) is 15.6 Å². The molecule has 2 aromatic heterocycles. The van der Waals surface area contributed by atoms with E-state index in [0.717, 1.165) is 10.6 Å². The van der Waals surface area contributed by atoms with Gasteiger partial charge in [-0.3, -0.25) is 9.59 Å². The van der Waals surface area contributed by atoms with Crippen molar-refractivity contribution in [2.75, 3.05) is 18.4 Å². The van der Waals surface area contributed by atoms with Crippen molar-refractivity contribution in [3.05, 3.63) is 52.2 Å². The lowest BCUT2D eigenvalue weighted by Crippen LogP contribution is -2.41. The van der Waals surface area contributed by atoms with Gasteiger partial charge in [-0.05, 0) is 25.8 Å². The van der Waals surface area contributed by atoms with Crippen LogP contribution < -0.4 is 5.32 Å². The Morgan fingerprint density at radius 2 is 2.03 bits per heavy atom. The van der Waals surface area contributed by atoms with E-state index >= 15 is 0 Å². The zero-order valence-electron chi connectivity index (χ0n) is 15.7. The van der Waals surface area contributed by atoms with Gasteiger partial charge >= 0.3 is 0 Å². The van der Waals surface area contributed by atoms with Crippen molar-refractivity contribution in [3.8, 4) is 10.6 Å². The summed E-state index contributed by atoms with van der Waals surface area (Å²) in [5, 5.41) is 7.87. The van der Waals surface area contributed by atoms with Crippen LogP contribution in [0.1, 0.15) is 28.3 Å². The van der Waals surface area contributed by atoms with Gasteiger partial charge < -0.3 is 14.7 Å². The molecule has 0 atom stereocenters. The molecule has 2 amide bonds. The summed E-state index contributed by atoms with van der Waals surface area (Å²) in [6.07, 6.45) is 2.80. The van der Waals surface area contributed by atoms with Crippen molar-refractivity contribution in [2.24, 2.45) is 5.92 Å². The number of amides is 2. The number of anilines is 1. The third-order valence-electron chi connectivity index (χ3n) is 4.85. The van der Waals surface area contributed by atoms with Crippen molar-refractivity contribution in [1.29, 1.82) is 0 Å². The fourth-order valence-electron chi connectivity index (χ4n) is 3.29. The summed E-state index contributed by atoms with van der Waals surface area (Å²) in [4.78, 5) is 31.9. The van der Waals surface area contributed by atoms with Gasteiger partial charge in [-0.2, -0.15) is 0 Å². The van der Waals surface area contributed by atoms with E-state index in [4.69, 9.17) is 16.1 Å². The number of carbonyl (C=O) groups excluding carboxylic acids is 2. The third kappa shape index (κ3) is 4.33. The Morgan fingerprint density at radius 3 is 2.72 bits per heavy atom. The smallest absolute Gasteiger partial charge is 0.265 e. The molecule has 7 nitrogen and oxygen atoms in total. The fraction of sp³-hybridized carbons (Fsp3) is 0.300. The molecule has 29 heavy (non-hydrogen) atoms. The quantitative estimate of drug-likeness (QED) is 0.668. The minimum absolute atomic E-state index is 0.0632. The summed E-state index contributed by atoms with van der Waals surface area (Å²) in [5.41, 5.74) is 0.816. The summed E-state index contributed by atoms with van der Waals surface area (Å²) >= 11 is 7.55. The Hall–Kier alpha value is -2.71. The predicted molar refractivity (Wildman–Crippen MR) is 111 cm³/mol. The first-order chi connectivity index (χ1) is 14.0. The van der Waals surface area contributed by atoms with Crippen molar-refractivity contribution >= 4 is 40.6 Å². The van der Waals surface area contributed by atoms with Crippen molar-refractivity contribution in [2.45, 2.75) is 19.8 Å². The van der Waals surface area contributed by atoms with Crippen LogP contribution in [-0.2, 0) is 4.79 Å². The topological polar surface area (TPSA) is 88.3 Å². The van der Waals surface area contributed by atoms with Crippen molar-refractivity contribution in [1.82, 2.24) is 15.0 Å². The maximum Gasteiger partial charge on any atom is 0.265 e. The van der Waals surface area contributed by atoms with Crippen molar-refractivity contribution in [3.63, 3.8) is 0 Å². The Kier molecular flexibility index (Phi) is 5.64. The van der Waals surface area contributed by atoms with Gasteiger partial charge in [0.25, 0.3) is 5.91 Å². The Labute approximate surface area is 176 Å². The molecule has 1 saturated heterocycles. The van der Waals surface area contributed by atoms with Crippen LogP contribution in [0.5, 0.6) is 0 Å². The lowest BCUT2D eigenvalue weighted by atomic mass is 9.96. The first kappa shape index (κ1) is 19.6. The normalized spacial score (nSPS) is 14.8. The van der Waals surface area contributed by atoms with E-state index in [1.165, 1.54) is 11.3 Å². The van der Waals surface area contributed by atoms with Crippen LogP contribution in [0.15, 0.2) is 41.1 Å². The molecular weight excluding hydrogens is 412 g/mol. The first-order valence-corrected chi connectivity index (χ1v) is 10.4. The highest BCUT2D eigenvalue weighted by atomic mass is 35.5. The average molecular weight is 431 g/mol. The number of hydrogen-bond acceptors (Lipinski definition) is 6. The number of likely N-dealkylation sites (tertiary alicyclic amines) is 1. The molecular formula is C20H19ClN4O3S. The second-order valence-corrected chi connectivity index (χ2v) is 8.33. The van der Waals surface area contributed by atoms with Gasteiger partial charge in [0.05, 0.1) is 11.2 Å². The number of thiazole rings is 1. The standard InChI is InChI=1S/C20H19ClN4O3S/c1-12-10-17(24-28-12)23-18(26)13-6-8-25(9-7-13)20(27)16-11-22-19(29-16)14-4-2-3-5-15(14)21/h2-5,10-11,13H,6-9H2,1H3,(H,23,24,26). The molecule has 1 N–H and O–H groups in total. The molecule has 0 aliphatic carbocycles. The van der Waals surface area contributed by atoms with Crippen molar-refractivity contribution < 1.29 is 14.1 Å². The Balaban J connectivity index is 1.36. The largest absolute Gasteiger partial charge is 0.360 e. The number of hydrogen-bond donors (Lipinski definition) is 1. The predicted octanol–water partition coefficient (Wildman–Crippen LogP) is 4.25. The highest BCUT2D eigenvalue weighted by Gasteiger charge is 2.29. The average Bonchev–Trinajstić information content (AvgIpc) is 3.37. The van der Waals surface area contributed by atoms with Gasteiger partial charge in [-0.1, -0.05) is 35.0 Å². The zero-order chi connectivity index (χ0) is 20.4. The summed E-state index contributed by atoms with van der Waals surface area (Å²) in [5.74, 6) is 0.747. The molecule has 1 aromatic carbocycles. The van der Waals surface area contributed by atoms with Gasteiger partial charge in [0.2, 0.25) is 5.91 Å². The third-order valence-corrected chi connectivity index (χ3v) is 6.20. The molecule has 0 bridgehead atoms. The number of nitrogens with one attached hydrogen (secondary N) is 1. The maximum absolute atomic E-state index is 12.8. The highest BCUT2D eigenvalue weighted by molar-refractivity contribution is 7.17. The van der Waals surface area contributed by atoms with E-state index in [2.05, 4.69) is 15.5 Å². The van der Waals surface area contributed by atoms with Crippen LogP contribution >= 0.6 is 22.9 Å². The van der Waals surface area contributed by atoms with E-state index in [0.29, 0.717) is 47.4 Å². The van der Waals surface area contributed by atoms with E-state index in [-0.39, 0.29) is 17.7 Å². The minimum atomic E-state index is -0.156. The molecule has 0 spiro atoms. The molecule has 4 rings (SSSR count). The first-order valence-electron chi connectivity index (χ1n) is 9.25. The molecule has 3 heterocycles. The summed E-state index contributed by atoms with van der Waals surface area (Å²) in [6.45, 7) is 2.81. The summed E-state index contributed by atoms with van der Waals surface area (Å²) in [6, 6.07) is 9.11.